The molecule has 172 valence electrons. The van der Waals surface area contributed by atoms with Crippen molar-refractivity contribution in [2.45, 2.75) is 24.5 Å². The fourth-order valence-corrected chi connectivity index (χ4v) is 5.23. The van der Waals surface area contributed by atoms with Crippen molar-refractivity contribution in [3.05, 3.63) is 46.0 Å². The van der Waals surface area contributed by atoms with E-state index in [1.54, 1.807) is 0 Å². The molecule has 32 heavy (non-hydrogen) atoms. The van der Waals surface area contributed by atoms with Gasteiger partial charge in [-0.05, 0) is 44.5 Å². The van der Waals surface area contributed by atoms with Gasteiger partial charge in [0.2, 0.25) is 5.78 Å². The number of phenols is 1. The van der Waals surface area contributed by atoms with E-state index in [0.717, 1.165) is 12.1 Å². The van der Waals surface area contributed by atoms with Crippen molar-refractivity contribution in [3.8, 4) is 5.75 Å². The molecule has 6 N–H and O–H groups in total. The van der Waals surface area contributed by atoms with Gasteiger partial charge in [-0.15, -0.1) is 12.4 Å². The fraction of sp³-hybridized carbons (Fsp3) is 0.381. The number of hydrogen-bond donors (Lipinski definition) is 5. The molecule has 9 nitrogen and oxygen atoms in total. The van der Waals surface area contributed by atoms with Gasteiger partial charge in [0, 0.05) is 17.6 Å². The standard InChI is InChI=1S/C21H21FN2O7.ClH/c1-24(2)15-10-5-8-3-7-4-9(22)6-11(25)12(7)16(26)13(8)18(28)21(10,31)19(29)14(17(15)27)20(23)30;/h4,6,8,10,15,25-26,29,31H,3,5H2,1-2H3,(H2,23,30);1H. The van der Waals surface area contributed by atoms with Gasteiger partial charge >= 0.3 is 0 Å². The predicted molar refractivity (Wildman–Crippen MR) is 111 cm³/mol. The molecule has 1 amide bonds. The Kier molecular flexibility index (Phi) is 5.61. The average Bonchev–Trinajstić information content (AvgIpc) is 2.63. The van der Waals surface area contributed by atoms with Crippen molar-refractivity contribution >= 4 is 35.6 Å². The van der Waals surface area contributed by atoms with Gasteiger partial charge in [-0.2, -0.15) is 0 Å². The zero-order valence-corrected chi connectivity index (χ0v) is 17.9. The first kappa shape index (κ1) is 23.7. The van der Waals surface area contributed by atoms with E-state index in [2.05, 4.69) is 0 Å². The van der Waals surface area contributed by atoms with Crippen LogP contribution in [-0.4, -0.2) is 68.5 Å². The summed E-state index contributed by atoms with van der Waals surface area (Å²) in [6, 6.07) is 0.758. The Morgan fingerprint density at radius 1 is 1.22 bits per heavy atom. The SMILES string of the molecule is CN(C)C1C(=O)C(C(N)=O)=C(O)C2(O)C(=O)C3=C(O)c4c(O)cc(F)cc4CC3CC12.Cl. The maximum Gasteiger partial charge on any atom is 0.255 e. The van der Waals surface area contributed by atoms with Crippen LogP contribution in [0.15, 0.2) is 29.0 Å². The molecule has 0 bridgehead atoms. The summed E-state index contributed by atoms with van der Waals surface area (Å²) >= 11 is 0. The first-order valence-electron chi connectivity index (χ1n) is 9.57. The molecule has 3 aliphatic rings. The highest BCUT2D eigenvalue weighted by Gasteiger charge is 2.64. The second kappa shape index (κ2) is 7.58. The van der Waals surface area contributed by atoms with E-state index < -0.39 is 69.6 Å². The van der Waals surface area contributed by atoms with Crippen LogP contribution >= 0.6 is 12.4 Å². The summed E-state index contributed by atoms with van der Waals surface area (Å²) in [5.41, 5.74) is 1.55. The largest absolute Gasteiger partial charge is 0.508 e. The minimum Gasteiger partial charge on any atom is -0.508 e. The minimum atomic E-state index is -2.68. The molecule has 4 rings (SSSR count). The van der Waals surface area contributed by atoms with Gasteiger partial charge in [0.25, 0.3) is 5.91 Å². The van der Waals surface area contributed by atoms with Crippen molar-refractivity contribution < 1.29 is 39.2 Å². The number of nitrogens with two attached hydrogens (primary N) is 1. The van der Waals surface area contributed by atoms with E-state index in [-0.39, 0.29) is 41.9 Å². The van der Waals surface area contributed by atoms with Crippen LogP contribution in [0.25, 0.3) is 5.76 Å². The van der Waals surface area contributed by atoms with Crippen molar-refractivity contribution in [1.29, 1.82) is 0 Å². The number of benzene rings is 1. The molecule has 4 unspecified atom stereocenters. The van der Waals surface area contributed by atoms with Crippen LogP contribution in [0.1, 0.15) is 17.5 Å². The first-order chi connectivity index (χ1) is 14.4. The van der Waals surface area contributed by atoms with Crippen molar-refractivity contribution in [2.75, 3.05) is 14.1 Å². The number of aliphatic hydroxyl groups is 3. The number of nitrogens with zero attached hydrogens (tertiary/aromatic N) is 1. The second-order valence-corrected chi connectivity index (χ2v) is 8.42. The Morgan fingerprint density at radius 3 is 2.41 bits per heavy atom. The zero-order valence-electron chi connectivity index (χ0n) is 17.1. The number of fused-ring (bicyclic) bond motifs is 3. The summed E-state index contributed by atoms with van der Waals surface area (Å²) < 4.78 is 13.8. The van der Waals surface area contributed by atoms with Crippen LogP contribution in [0.3, 0.4) is 0 Å². The lowest BCUT2D eigenvalue weighted by Gasteiger charge is -2.50. The molecule has 1 aromatic rings. The molecule has 4 atom stereocenters. The maximum absolute atomic E-state index is 13.8. The average molecular weight is 469 g/mol. The number of amides is 1. The molecule has 0 aromatic heterocycles. The Morgan fingerprint density at radius 2 is 1.84 bits per heavy atom. The Labute approximate surface area is 188 Å². The molecule has 0 heterocycles. The molecule has 1 aromatic carbocycles. The number of ketones is 2. The lowest BCUT2D eigenvalue weighted by atomic mass is 9.57. The summed E-state index contributed by atoms with van der Waals surface area (Å²) in [6.07, 6.45) is 0.0168. The highest BCUT2D eigenvalue weighted by molar-refractivity contribution is 6.24. The summed E-state index contributed by atoms with van der Waals surface area (Å²) in [6.45, 7) is 0. The van der Waals surface area contributed by atoms with Gasteiger partial charge in [0.15, 0.2) is 11.4 Å². The third kappa shape index (κ3) is 2.94. The molecular formula is C21H22ClFN2O7. The monoisotopic (exact) mass is 468 g/mol. The van der Waals surface area contributed by atoms with Crippen LogP contribution in [0.4, 0.5) is 4.39 Å². The Balaban J connectivity index is 0.00000289. The Hall–Kier alpha value is -2.95. The molecule has 1 saturated carbocycles. The van der Waals surface area contributed by atoms with Gasteiger partial charge in [0.05, 0.1) is 11.6 Å². The van der Waals surface area contributed by atoms with Gasteiger partial charge in [-0.3, -0.25) is 19.3 Å². The van der Waals surface area contributed by atoms with Crippen LogP contribution in [0.5, 0.6) is 5.75 Å². The van der Waals surface area contributed by atoms with Gasteiger partial charge < -0.3 is 26.2 Å². The predicted octanol–water partition coefficient (Wildman–Crippen LogP) is 0.525. The highest BCUT2D eigenvalue weighted by Crippen LogP contribution is 2.52. The zero-order chi connectivity index (χ0) is 23.0. The summed E-state index contributed by atoms with van der Waals surface area (Å²) in [5.74, 6) is -8.19. The maximum atomic E-state index is 13.8. The van der Waals surface area contributed by atoms with E-state index in [0.29, 0.717) is 0 Å². The molecule has 1 fully saturated rings. The number of carbonyl (C=O) groups is 3. The third-order valence-electron chi connectivity index (χ3n) is 6.49. The number of rotatable bonds is 2. The number of hydrogen-bond acceptors (Lipinski definition) is 8. The number of Topliss-reactive ketones (excluding diaryl/α,β-unsaturated/α-hetero) is 2. The summed E-state index contributed by atoms with van der Waals surface area (Å²) in [5, 5.41) is 43.0. The second-order valence-electron chi connectivity index (χ2n) is 8.42. The molecule has 0 aliphatic heterocycles. The molecule has 11 heteroatoms. The normalized spacial score (nSPS) is 29.3. The summed E-state index contributed by atoms with van der Waals surface area (Å²) in [4.78, 5) is 39.7. The number of halogens is 2. The van der Waals surface area contributed by atoms with Crippen LogP contribution < -0.4 is 5.73 Å². The van der Waals surface area contributed by atoms with Gasteiger partial charge in [-0.25, -0.2) is 4.39 Å². The number of aliphatic hydroxyl groups excluding tert-OH is 2. The number of phenolic OH excluding ortho intramolecular Hbond substituents is 1. The van der Waals surface area contributed by atoms with Crippen molar-refractivity contribution in [3.63, 3.8) is 0 Å². The first-order valence-corrected chi connectivity index (χ1v) is 9.57. The van der Waals surface area contributed by atoms with E-state index in [9.17, 15) is 39.2 Å². The van der Waals surface area contributed by atoms with E-state index in [1.807, 2.05) is 0 Å². The highest BCUT2D eigenvalue weighted by atomic mass is 35.5. The molecular weight excluding hydrogens is 447 g/mol. The van der Waals surface area contributed by atoms with Crippen LogP contribution in [0.2, 0.25) is 0 Å². The number of aromatic hydroxyl groups is 1. The fourth-order valence-electron chi connectivity index (χ4n) is 5.23. The summed E-state index contributed by atoms with van der Waals surface area (Å²) in [7, 11) is 3.03. The smallest absolute Gasteiger partial charge is 0.255 e. The van der Waals surface area contributed by atoms with E-state index >= 15 is 0 Å². The lowest BCUT2D eigenvalue weighted by Crippen LogP contribution is -2.65. The molecule has 0 saturated heterocycles. The number of primary amides is 1. The van der Waals surface area contributed by atoms with Crippen LogP contribution in [-0.2, 0) is 20.8 Å². The van der Waals surface area contributed by atoms with Gasteiger partial charge in [-0.1, -0.05) is 0 Å². The molecule has 0 spiro atoms. The van der Waals surface area contributed by atoms with E-state index in [1.165, 1.54) is 19.0 Å². The number of likely N-dealkylation sites (N-methyl/N-ethyl adjacent to an activating group) is 1. The molecule has 3 aliphatic carbocycles. The third-order valence-corrected chi connectivity index (χ3v) is 6.49. The van der Waals surface area contributed by atoms with Crippen molar-refractivity contribution in [2.24, 2.45) is 17.6 Å². The van der Waals surface area contributed by atoms with Crippen LogP contribution in [0, 0.1) is 17.7 Å². The lowest BCUT2D eigenvalue weighted by molar-refractivity contribution is -0.153. The quantitative estimate of drug-likeness (QED) is 0.392. The Bertz CT molecular complexity index is 1130. The van der Waals surface area contributed by atoms with E-state index in [4.69, 9.17) is 5.73 Å². The van der Waals surface area contributed by atoms with Crippen molar-refractivity contribution in [1.82, 2.24) is 4.90 Å². The minimum absolute atomic E-state index is 0. The van der Waals surface area contributed by atoms with Gasteiger partial charge in [0.1, 0.15) is 28.7 Å². The molecule has 0 radical (unpaired) electrons. The topological polar surface area (TPSA) is 161 Å². The number of carbonyl (C=O) groups excluding carboxylic acids is 3.